The number of urea groups is 1. The highest BCUT2D eigenvalue weighted by atomic mass is 35.5. The zero-order valence-electron chi connectivity index (χ0n) is 29.2. The van der Waals surface area contributed by atoms with Gasteiger partial charge in [-0.1, -0.05) is 35.1 Å². The van der Waals surface area contributed by atoms with Gasteiger partial charge in [0.25, 0.3) is 11.8 Å². The molecule has 2 atom stereocenters. The minimum atomic E-state index is -0.449. The molecule has 15 nitrogen and oxygen atoms in total. The normalized spacial score (nSPS) is 18.2. The molecule has 2 bridgehead atoms. The maximum Gasteiger partial charge on any atom is 0.328 e. The van der Waals surface area contributed by atoms with Crippen LogP contribution in [0.4, 0.5) is 32.9 Å². The summed E-state index contributed by atoms with van der Waals surface area (Å²) in [5, 5.41) is 12.4. The number of benzene rings is 2. The molecule has 17 heteroatoms. The van der Waals surface area contributed by atoms with Crippen molar-refractivity contribution in [2.45, 2.75) is 45.2 Å². The maximum atomic E-state index is 12.9. The van der Waals surface area contributed by atoms with Crippen LogP contribution in [0.15, 0.2) is 54.7 Å². The Bertz CT molecular complexity index is 2010. The number of anilines is 5. The molecule has 3 aliphatic heterocycles. The number of aryl methyl sites for hydroxylation is 2. The fraction of sp³-hybridized carbons (Fsp3) is 0.361. The zero-order valence-corrected chi connectivity index (χ0v) is 30.8. The Morgan fingerprint density at radius 1 is 1.08 bits per heavy atom. The highest BCUT2D eigenvalue weighted by molar-refractivity contribution is 7.17. The van der Waals surface area contributed by atoms with Crippen LogP contribution in [-0.2, 0) is 9.59 Å². The number of likely N-dealkylation sites (tertiary alicyclic amines) is 1. The maximum absolute atomic E-state index is 12.9. The average Bonchev–Trinajstić information content (AvgIpc) is 3.88. The van der Waals surface area contributed by atoms with Crippen LogP contribution < -0.4 is 35.8 Å². The van der Waals surface area contributed by atoms with Gasteiger partial charge in [-0.2, -0.15) is 0 Å². The Labute approximate surface area is 315 Å². The molecule has 5 heterocycles. The Kier molecular flexibility index (Phi) is 10.7. The van der Waals surface area contributed by atoms with Crippen LogP contribution in [0.1, 0.15) is 40.3 Å². The van der Waals surface area contributed by atoms with Crippen LogP contribution in [0.5, 0.6) is 5.75 Å². The van der Waals surface area contributed by atoms with Crippen molar-refractivity contribution < 1.29 is 23.9 Å². The van der Waals surface area contributed by atoms with Gasteiger partial charge in [0.15, 0.2) is 11.7 Å². The van der Waals surface area contributed by atoms with Gasteiger partial charge < -0.3 is 25.6 Å². The van der Waals surface area contributed by atoms with E-state index in [0.29, 0.717) is 69.0 Å². The van der Waals surface area contributed by atoms with E-state index in [0.717, 1.165) is 43.9 Å². The lowest BCUT2D eigenvalue weighted by Crippen LogP contribution is -2.49. The van der Waals surface area contributed by atoms with Crippen LogP contribution in [0.25, 0.3) is 0 Å². The number of nitrogens with one attached hydrogen (secondary N) is 4. The fourth-order valence-corrected chi connectivity index (χ4v) is 7.81. The number of amides is 5. The lowest BCUT2D eigenvalue weighted by molar-refractivity contribution is -0.123. The topological polar surface area (TPSA) is 174 Å². The second kappa shape index (κ2) is 15.7. The first-order valence-corrected chi connectivity index (χ1v) is 18.6. The number of ether oxygens (including phenoxy) is 1. The number of aromatic nitrogens is 3. The van der Waals surface area contributed by atoms with Gasteiger partial charge in [-0.15, -0.1) is 0 Å². The molecule has 0 radical (unpaired) electrons. The van der Waals surface area contributed by atoms with Gasteiger partial charge in [-0.25, -0.2) is 19.7 Å². The van der Waals surface area contributed by atoms with Crippen LogP contribution >= 0.6 is 22.9 Å². The third-order valence-electron chi connectivity index (χ3n) is 9.41. The standard InChI is InChI=1S/C36H39ClN10O5S/c1-21-5-3-6-27(37)33(21)44-34(50)28-17-39-35(53-28)42-29-16-30(41-22(2)40-29)47-19-24-15-25(47)18-45(24)13-4-12-38-32(49)20-52-26-9-7-23(8-10-26)46-14-11-31(48)43-36(46)51/h3,5-10,16-17,24-25H,4,11-15,18-20H2,1-2H3,(H,38,49)(H,44,50)(H,43,48,51)(H,39,40,41,42)/t24-,25-/m1/s1. The van der Waals surface area contributed by atoms with E-state index < -0.39 is 6.03 Å². The first-order chi connectivity index (χ1) is 25.6. The van der Waals surface area contributed by atoms with Crippen LogP contribution in [0, 0.1) is 13.8 Å². The van der Waals surface area contributed by atoms with E-state index in [1.165, 1.54) is 22.4 Å². The number of para-hydroxylation sites is 1. The predicted molar refractivity (Wildman–Crippen MR) is 202 cm³/mol. The number of rotatable bonds is 13. The van der Waals surface area contributed by atoms with Crippen LogP contribution in [0.2, 0.25) is 5.02 Å². The number of imide groups is 1. The number of hydrogen-bond donors (Lipinski definition) is 4. The van der Waals surface area contributed by atoms with Gasteiger partial charge in [0.2, 0.25) is 5.91 Å². The average molecular weight is 759 g/mol. The van der Waals surface area contributed by atoms with Crippen LogP contribution in [-0.4, -0.2) is 95.0 Å². The van der Waals surface area contributed by atoms with Crippen molar-refractivity contribution >= 4 is 74.8 Å². The van der Waals surface area contributed by atoms with Crippen molar-refractivity contribution in [3.63, 3.8) is 0 Å². The van der Waals surface area contributed by atoms with Crippen molar-refractivity contribution in [1.82, 2.24) is 30.5 Å². The van der Waals surface area contributed by atoms with E-state index in [2.05, 4.69) is 41.0 Å². The lowest BCUT2D eigenvalue weighted by Gasteiger charge is -2.35. The number of fused-ring (bicyclic) bond motifs is 2. The largest absolute Gasteiger partial charge is 0.484 e. The highest BCUT2D eigenvalue weighted by Crippen LogP contribution is 2.35. The van der Waals surface area contributed by atoms with Crippen molar-refractivity contribution in [1.29, 1.82) is 0 Å². The molecule has 3 aliphatic rings. The van der Waals surface area contributed by atoms with E-state index >= 15 is 0 Å². The minimum Gasteiger partial charge on any atom is -0.484 e. The molecule has 2 aromatic heterocycles. The van der Waals surface area contributed by atoms with Gasteiger partial charge in [-0.3, -0.25) is 29.5 Å². The number of piperazine rings is 1. The van der Waals surface area contributed by atoms with Crippen molar-refractivity contribution in [2.75, 3.05) is 59.8 Å². The summed E-state index contributed by atoms with van der Waals surface area (Å²) in [6.07, 6.45) is 3.64. The van der Waals surface area contributed by atoms with Gasteiger partial charge >= 0.3 is 6.03 Å². The van der Waals surface area contributed by atoms with Crippen molar-refractivity contribution in [3.8, 4) is 5.75 Å². The van der Waals surface area contributed by atoms with Crippen molar-refractivity contribution in [3.05, 3.63) is 76.0 Å². The number of thiazole rings is 1. The first kappa shape index (κ1) is 36.1. The van der Waals surface area contributed by atoms with E-state index in [9.17, 15) is 19.2 Å². The number of carbonyl (C=O) groups excluding carboxylic acids is 4. The Balaban J connectivity index is 0.837. The molecule has 0 saturated carbocycles. The predicted octanol–water partition coefficient (Wildman–Crippen LogP) is 4.49. The molecule has 3 fully saturated rings. The number of nitrogens with zero attached hydrogens (tertiary/aromatic N) is 6. The zero-order chi connectivity index (χ0) is 37.1. The minimum absolute atomic E-state index is 0.112. The summed E-state index contributed by atoms with van der Waals surface area (Å²) >= 11 is 7.52. The Morgan fingerprint density at radius 2 is 1.91 bits per heavy atom. The number of hydrogen-bond acceptors (Lipinski definition) is 12. The van der Waals surface area contributed by atoms with E-state index in [-0.39, 0.29) is 30.7 Å². The quantitative estimate of drug-likeness (QED) is 0.142. The van der Waals surface area contributed by atoms with Gasteiger partial charge in [0.1, 0.15) is 28.1 Å². The smallest absolute Gasteiger partial charge is 0.328 e. The molecule has 0 unspecified atom stereocenters. The summed E-state index contributed by atoms with van der Waals surface area (Å²) in [4.78, 5) is 69.2. The van der Waals surface area contributed by atoms with Crippen molar-refractivity contribution in [2.24, 2.45) is 0 Å². The molecule has 53 heavy (non-hydrogen) atoms. The van der Waals surface area contributed by atoms with Gasteiger partial charge in [-0.05, 0) is 62.6 Å². The summed E-state index contributed by atoms with van der Waals surface area (Å²) in [7, 11) is 0. The molecular formula is C36H39ClN10O5S. The molecule has 7 rings (SSSR count). The third-order valence-corrected chi connectivity index (χ3v) is 10.6. The lowest BCUT2D eigenvalue weighted by atomic mass is 10.2. The molecule has 2 aromatic carbocycles. The van der Waals surface area contributed by atoms with E-state index in [1.807, 2.05) is 32.0 Å². The monoisotopic (exact) mass is 758 g/mol. The summed E-state index contributed by atoms with van der Waals surface area (Å²) in [5.74, 6) is 1.84. The molecule has 276 valence electrons. The fourth-order valence-electron chi connectivity index (χ4n) is 6.82. The Morgan fingerprint density at radius 3 is 2.66 bits per heavy atom. The van der Waals surface area contributed by atoms with E-state index in [1.54, 1.807) is 30.3 Å². The Hall–Kier alpha value is -5.32. The molecule has 4 N–H and O–H groups in total. The molecule has 0 aliphatic carbocycles. The summed E-state index contributed by atoms with van der Waals surface area (Å²) in [6, 6.07) is 14.5. The third kappa shape index (κ3) is 8.50. The summed E-state index contributed by atoms with van der Waals surface area (Å²) < 4.78 is 5.63. The summed E-state index contributed by atoms with van der Waals surface area (Å²) in [6.45, 7) is 7.13. The molecule has 4 aromatic rings. The SMILES string of the molecule is Cc1nc(Nc2ncc(C(=O)Nc3c(C)cccc3Cl)s2)cc(N2C[C@H]3C[C@@H]2CN3CCCNC(=O)COc2ccc(N3CCC(=O)NC3=O)cc2)n1. The molecule has 3 saturated heterocycles. The number of carbonyl (C=O) groups is 4. The second-order valence-electron chi connectivity index (χ2n) is 13.1. The highest BCUT2D eigenvalue weighted by Gasteiger charge is 2.43. The van der Waals surface area contributed by atoms with Crippen LogP contribution in [0.3, 0.4) is 0 Å². The molecule has 5 amide bonds. The van der Waals surface area contributed by atoms with Gasteiger partial charge in [0.05, 0.1) is 16.9 Å². The molecule has 0 spiro atoms. The van der Waals surface area contributed by atoms with Gasteiger partial charge in [0, 0.05) is 63.0 Å². The molecular weight excluding hydrogens is 720 g/mol. The summed E-state index contributed by atoms with van der Waals surface area (Å²) in [5.41, 5.74) is 2.10. The first-order valence-electron chi connectivity index (χ1n) is 17.4. The second-order valence-corrected chi connectivity index (χ2v) is 14.6. The van der Waals surface area contributed by atoms with E-state index in [4.69, 9.17) is 21.3 Å². The number of halogens is 1.